The van der Waals surface area contributed by atoms with Gasteiger partial charge in [-0.15, -0.1) is 0 Å². The van der Waals surface area contributed by atoms with Gasteiger partial charge in [0, 0.05) is 0 Å². The second-order valence-corrected chi connectivity index (χ2v) is 3.32. The topological polar surface area (TPSA) is 70.0 Å². The van der Waals surface area contributed by atoms with E-state index in [1.54, 1.807) is 38.3 Å². The molecule has 1 amide bonds. The molecule has 0 saturated heterocycles. The predicted octanol–water partition coefficient (Wildman–Crippen LogP) is 2.52. The van der Waals surface area contributed by atoms with E-state index in [1.807, 2.05) is 0 Å². The molecule has 1 aromatic rings. The molecule has 0 aromatic heterocycles. The fourth-order valence-electron chi connectivity index (χ4n) is 1.51. The van der Waals surface area contributed by atoms with Gasteiger partial charge in [0.15, 0.2) is 0 Å². The molecule has 0 radical (unpaired) electrons. The van der Waals surface area contributed by atoms with Gasteiger partial charge in [-0.2, -0.15) is 5.06 Å². The van der Waals surface area contributed by atoms with Gasteiger partial charge in [0.05, 0.1) is 13.2 Å². The molecule has 0 saturated carbocycles. The predicted molar refractivity (Wildman–Crippen MR) is 57.7 cm³/mol. The van der Waals surface area contributed by atoms with Gasteiger partial charge in [0.1, 0.15) is 5.75 Å². The molecule has 5 nitrogen and oxygen atoms in total. The average molecular weight is 225 g/mol. The molecular formula is C11H15NO4. The number of amides is 1. The zero-order chi connectivity index (χ0) is 12.1. The smallest absolute Gasteiger partial charge is 0.431 e. The number of hydrogen-bond donors (Lipinski definition) is 2. The third-order valence-corrected chi connectivity index (χ3v) is 2.38. The molecule has 5 heteroatoms. The molecule has 16 heavy (non-hydrogen) atoms. The summed E-state index contributed by atoms with van der Waals surface area (Å²) < 4.78 is 5.00. The molecule has 0 aliphatic carbocycles. The van der Waals surface area contributed by atoms with Crippen LogP contribution in [0.3, 0.4) is 0 Å². The molecule has 0 aliphatic heterocycles. The maximum Gasteiger partial charge on any atom is 0.431 e. The third-order valence-electron chi connectivity index (χ3n) is 2.38. The lowest BCUT2D eigenvalue weighted by atomic mass is 10.0. The summed E-state index contributed by atoms with van der Waals surface area (Å²) in [7, 11) is 1.56. The number of carbonyl (C=O) groups is 1. The first-order valence-electron chi connectivity index (χ1n) is 4.95. The molecule has 2 N–H and O–H groups in total. The molecule has 88 valence electrons. The van der Waals surface area contributed by atoms with Gasteiger partial charge >= 0.3 is 6.09 Å². The van der Waals surface area contributed by atoms with Crippen LogP contribution in [0.25, 0.3) is 0 Å². The first-order valence-corrected chi connectivity index (χ1v) is 4.95. The normalized spacial score (nSPS) is 11.9. The summed E-state index contributed by atoms with van der Waals surface area (Å²) in [5.74, 6) is 0.693. The summed E-state index contributed by atoms with van der Waals surface area (Å²) in [6.45, 7) is 1.81. The van der Waals surface area contributed by atoms with E-state index < -0.39 is 12.1 Å². The van der Waals surface area contributed by atoms with Gasteiger partial charge in [-0.25, -0.2) is 4.79 Å². The Labute approximate surface area is 93.8 Å². The largest absolute Gasteiger partial charge is 0.497 e. The summed E-state index contributed by atoms with van der Waals surface area (Å²) in [5.41, 5.74) is 0.730. The molecule has 0 heterocycles. The zero-order valence-corrected chi connectivity index (χ0v) is 9.25. The van der Waals surface area contributed by atoms with Crippen molar-refractivity contribution in [3.63, 3.8) is 0 Å². The number of hydrogen-bond acceptors (Lipinski definition) is 3. The Morgan fingerprint density at radius 1 is 1.44 bits per heavy atom. The van der Waals surface area contributed by atoms with E-state index in [4.69, 9.17) is 9.84 Å². The Hall–Kier alpha value is -1.75. The maximum absolute atomic E-state index is 10.6. The van der Waals surface area contributed by atoms with Crippen molar-refractivity contribution in [1.82, 2.24) is 5.06 Å². The summed E-state index contributed by atoms with van der Waals surface area (Å²) in [6, 6.07) is 6.38. The molecule has 0 bridgehead atoms. The summed E-state index contributed by atoms with van der Waals surface area (Å²) in [6.07, 6.45) is -0.863. The van der Waals surface area contributed by atoms with Crippen molar-refractivity contribution >= 4 is 6.09 Å². The van der Waals surface area contributed by atoms with E-state index in [-0.39, 0.29) is 0 Å². The Bertz CT molecular complexity index is 350. The highest BCUT2D eigenvalue weighted by Crippen LogP contribution is 2.24. The van der Waals surface area contributed by atoms with Crippen molar-refractivity contribution in [3.05, 3.63) is 29.8 Å². The van der Waals surface area contributed by atoms with Gasteiger partial charge in [-0.3, -0.25) is 5.21 Å². The lowest BCUT2D eigenvalue weighted by molar-refractivity contribution is -0.0986. The van der Waals surface area contributed by atoms with Gasteiger partial charge in [0.2, 0.25) is 0 Å². The number of ether oxygens (including phenoxy) is 1. The van der Waals surface area contributed by atoms with Crippen molar-refractivity contribution in [3.8, 4) is 5.75 Å². The van der Waals surface area contributed by atoms with E-state index in [0.717, 1.165) is 5.56 Å². The second kappa shape index (κ2) is 5.37. The van der Waals surface area contributed by atoms with E-state index in [2.05, 4.69) is 0 Å². The van der Waals surface area contributed by atoms with Crippen molar-refractivity contribution in [2.24, 2.45) is 0 Å². The first-order chi connectivity index (χ1) is 7.60. The summed E-state index contributed by atoms with van der Waals surface area (Å²) in [4.78, 5) is 10.6. The first kappa shape index (κ1) is 12.3. The number of benzene rings is 1. The Balaban J connectivity index is 2.90. The van der Waals surface area contributed by atoms with Crippen molar-refractivity contribution in [1.29, 1.82) is 0 Å². The van der Waals surface area contributed by atoms with Gasteiger partial charge in [0.25, 0.3) is 0 Å². The highest BCUT2D eigenvalue weighted by Gasteiger charge is 2.21. The lowest BCUT2D eigenvalue weighted by Crippen LogP contribution is -2.29. The van der Waals surface area contributed by atoms with Crippen molar-refractivity contribution in [2.75, 3.05) is 7.11 Å². The maximum atomic E-state index is 10.6. The molecule has 0 fully saturated rings. The third kappa shape index (κ3) is 2.64. The number of methoxy groups -OCH3 is 1. The fourth-order valence-corrected chi connectivity index (χ4v) is 1.51. The van der Waals surface area contributed by atoms with Crippen molar-refractivity contribution in [2.45, 2.75) is 19.4 Å². The molecule has 0 aliphatic rings. The van der Waals surface area contributed by atoms with Gasteiger partial charge < -0.3 is 9.84 Å². The minimum atomic E-state index is -1.36. The second-order valence-electron chi connectivity index (χ2n) is 3.32. The quantitative estimate of drug-likeness (QED) is 0.610. The lowest BCUT2D eigenvalue weighted by Gasteiger charge is -2.22. The zero-order valence-electron chi connectivity index (χ0n) is 9.25. The Morgan fingerprint density at radius 2 is 2.00 bits per heavy atom. The van der Waals surface area contributed by atoms with Crippen LogP contribution in [-0.4, -0.2) is 28.6 Å². The fraction of sp³-hybridized carbons (Fsp3) is 0.364. The summed E-state index contributed by atoms with van der Waals surface area (Å²) >= 11 is 0. The van der Waals surface area contributed by atoms with Crippen LogP contribution >= 0.6 is 0 Å². The van der Waals surface area contributed by atoms with Crippen LogP contribution in [0.1, 0.15) is 24.9 Å². The number of rotatable bonds is 4. The standard InChI is InChI=1S/C11H15NO4/c1-3-10(12(15)11(13)14)8-4-6-9(16-2)7-5-8/h4-7,10,15H,3H2,1-2H3,(H,13,14). The highest BCUT2D eigenvalue weighted by molar-refractivity contribution is 5.64. The molecular weight excluding hydrogens is 210 g/mol. The minimum absolute atomic E-state index is 0.321. The van der Waals surface area contributed by atoms with Gasteiger partial charge in [-0.05, 0) is 24.1 Å². The van der Waals surface area contributed by atoms with Crippen LogP contribution in [0, 0.1) is 0 Å². The molecule has 1 aromatic carbocycles. The van der Waals surface area contributed by atoms with Crippen LogP contribution in [0.2, 0.25) is 0 Å². The number of nitrogens with zero attached hydrogens (tertiary/aromatic N) is 1. The van der Waals surface area contributed by atoms with E-state index in [0.29, 0.717) is 17.2 Å². The minimum Gasteiger partial charge on any atom is -0.497 e. The van der Waals surface area contributed by atoms with Crippen LogP contribution in [0.5, 0.6) is 5.75 Å². The van der Waals surface area contributed by atoms with Crippen LogP contribution < -0.4 is 4.74 Å². The van der Waals surface area contributed by atoms with E-state index >= 15 is 0 Å². The highest BCUT2D eigenvalue weighted by atomic mass is 16.6. The monoisotopic (exact) mass is 225 g/mol. The van der Waals surface area contributed by atoms with Gasteiger partial charge in [-0.1, -0.05) is 19.1 Å². The SMILES string of the molecule is CCC(c1ccc(OC)cc1)N(O)C(=O)O. The molecule has 1 unspecified atom stereocenters. The molecule has 1 atom stereocenters. The van der Waals surface area contributed by atoms with Crippen LogP contribution in [-0.2, 0) is 0 Å². The Morgan fingerprint density at radius 3 is 2.38 bits per heavy atom. The van der Waals surface area contributed by atoms with Crippen LogP contribution in [0.4, 0.5) is 4.79 Å². The van der Waals surface area contributed by atoms with E-state index in [1.165, 1.54) is 0 Å². The van der Waals surface area contributed by atoms with Crippen LogP contribution in [0.15, 0.2) is 24.3 Å². The molecule has 1 rings (SSSR count). The number of hydroxylamine groups is 2. The van der Waals surface area contributed by atoms with E-state index in [9.17, 15) is 10.0 Å². The average Bonchev–Trinajstić information content (AvgIpc) is 2.30. The van der Waals surface area contributed by atoms with Crippen molar-refractivity contribution < 1.29 is 19.8 Å². The number of carboxylic acid groups (broad SMARTS) is 1. The Kier molecular flexibility index (Phi) is 4.13. The summed E-state index contributed by atoms with van der Waals surface area (Å²) in [5, 5.41) is 18.4. The molecule has 0 spiro atoms.